The lowest BCUT2D eigenvalue weighted by atomic mass is 10.1. The number of rotatable bonds is 8. The molecule has 5 nitrogen and oxygen atoms in total. The molecule has 1 aromatic carbocycles. The first-order chi connectivity index (χ1) is 9.61. The van der Waals surface area contributed by atoms with Crippen LogP contribution in [0.25, 0.3) is 0 Å². The first-order valence-corrected chi connectivity index (χ1v) is 6.60. The number of benzene rings is 1. The van der Waals surface area contributed by atoms with E-state index in [9.17, 15) is 4.79 Å². The molecule has 0 radical (unpaired) electrons. The standard InChI is InChI=1S/C15H21N3O2/c1-18(2)8-10-20-9-7-17-15(19)11-13-3-5-14(12-16)6-4-13/h3-6H,7-11H2,1-2H3,(H,17,19). The van der Waals surface area contributed by atoms with Crippen molar-refractivity contribution in [1.82, 2.24) is 10.2 Å². The maximum atomic E-state index is 11.7. The van der Waals surface area contributed by atoms with Crippen molar-refractivity contribution < 1.29 is 9.53 Å². The number of hydrogen-bond acceptors (Lipinski definition) is 4. The first-order valence-electron chi connectivity index (χ1n) is 6.60. The van der Waals surface area contributed by atoms with Crippen molar-refractivity contribution in [2.45, 2.75) is 6.42 Å². The van der Waals surface area contributed by atoms with Crippen molar-refractivity contribution in [2.75, 3.05) is 40.4 Å². The zero-order chi connectivity index (χ0) is 14.8. The van der Waals surface area contributed by atoms with E-state index in [0.29, 0.717) is 31.7 Å². The summed E-state index contributed by atoms with van der Waals surface area (Å²) < 4.78 is 5.38. The van der Waals surface area contributed by atoms with Crippen molar-refractivity contribution in [1.29, 1.82) is 5.26 Å². The molecule has 20 heavy (non-hydrogen) atoms. The Morgan fingerprint density at radius 2 is 2.00 bits per heavy atom. The fraction of sp³-hybridized carbons (Fsp3) is 0.467. The molecule has 0 saturated heterocycles. The molecule has 1 aromatic rings. The smallest absolute Gasteiger partial charge is 0.224 e. The fourth-order valence-electron chi connectivity index (χ4n) is 1.56. The third kappa shape index (κ3) is 6.88. The molecule has 0 aliphatic rings. The zero-order valence-electron chi connectivity index (χ0n) is 12.1. The van der Waals surface area contributed by atoms with Crippen LogP contribution in [-0.2, 0) is 16.0 Å². The average Bonchev–Trinajstić information content (AvgIpc) is 2.43. The number of likely N-dealkylation sites (N-methyl/N-ethyl adjacent to an activating group) is 1. The van der Waals surface area contributed by atoms with Crippen LogP contribution in [0.3, 0.4) is 0 Å². The van der Waals surface area contributed by atoms with Gasteiger partial charge in [-0.25, -0.2) is 0 Å². The number of nitriles is 1. The number of carbonyl (C=O) groups excluding carboxylic acids is 1. The van der Waals surface area contributed by atoms with Crippen molar-refractivity contribution in [3.8, 4) is 6.07 Å². The summed E-state index contributed by atoms with van der Waals surface area (Å²) in [7, 11) is 3.98. The van der Waals surface area contributed by atoms with Gasteiger partial charge in [0.1, 0.15) is 0 Å². The Morgan fingerprint density at radius 1 is 1.30 bits per heavy atom. The maximum absolute atomic E-state index is 11.7. The highest BCUT2D eigenvalue weighted by molar-refractivity contribution is 5.78. The fourth-order valence-corrected chi connectivity index (χ4v) is 1.56. The van der Waals surface area contributed by atoms with E-state index < -0.39 is 0 Å². The highest BCUT2D eigenvalue weighted by atomic mass is 16.5. The molecule has 0 saturated carbocycles. The third-order valence-electron chi connectivity index (χ3n) is 2.70. The van der Waals surface area contributed by atoms with Crippen LogP contribution in [0, 0.1) is 11.3 Å². The molecule has 108 valence electrons. The Kier molecular flexibility index (Phi) is 7.33. The van der Waals surface area contributed by atoms with Crippen molar-refractivity contribution >= 4 is 5.91 Å². The van der Waals surface area contributed by atoms with Gasteiger partial charge in [-0.05, 0) is 31.8 Å². The second-order valence-corrected chi connectivity index (χ2v) is 4.75. The summed E-state index contributed by atoms with van der Waals surface area (Å²) >= 11 is 0. The Balaban J connectivity index is 2.15. The zero-order valence-corrected chi connectivity index (χ0v) is 12.1. The van der Waals surface area contributed by atoms with Crippen LogP contribution in [0.5, 0.6) is 0 Å². The van der Waals surface area contributed by atoms with E-state index in [2.05, 4.69) is 5.32 Å². The van der Waals surface area contributed by atoms with Crippen LogP contribution in [0.4, 0.5) is 0 Å². The molecule has 0 heterocycles. The highest BCUT2D eigenvalue weighted by Gasteiger charge is 2.02. The molecule has 1 amide bonds. The number of carbonyl (C=O) groups is 1. The quantitative estimate of drug-likeness (QED) is 0.713. The molecule has 0 bridgehead atoms. The SMILES string of the molecule is CN(C)CCOCCNC(=O)Cc1ccc(C#N)cc1. The largest absolute Gasteiger partial charge is 0.378 e. The minimum Gasteiger partial charge on any atom is -0.378 e. The van der Waals surface area contributed by atoms with E-state index in [4.69, 9.17) is 10.00 Å². The average molecular weight is 275 g/mol. The summed E-state index contributed by atoms with van der Waals surface area (Å²) in [5, 5.41) is 11.5. The van der Waals surface area contributed by atoms with Crippen molar-refractivity contribution in [3.05, 3.63) is 35.4 Å². The summed E-state index contributed by atoms with van der Waals surface area (Å²) in [6.07, 6.45) is 0.323. The molecule has 0 aliphatic heterocycles. The Labute approximate surface area is 120 Å². The Bertz CT molecular complexity index is 449. The molecule has 0 atom stereocenters. The second-order valence-electron chi connectivity index (χ2n) is 4.75. The highest BCUT2D eigenvalue weighted by Crippen LogP contribution is 2.03. The molecule has 0 unspecified atom stereocenters. The van der Waals surface area contributed by atoms with Crippen LogP contribution in [-0.4, -0.2) is 51.2 Å². The summed E-state index contributed by atoms with van der Waals surface area (Å²) in [6, 6.07) is 9.07. The van der Waals surface area contributed by atoms with Gasteiger partial charge in [-0.2, -0.15) is 5.26 Å². The molecule has 0 aromatic heterocycles. The molecule has 1 N–H and O–H groups in total. The van der Waals surface area contributed by atoms with Gasteiger partial charge in [0.2, 0.25) is 5.91 Å². The van der Waals surface area contributed by atoms with Gasteiger partial charge in [0.25, 0.3) is 0 Å². The maximum Gasteiger partial charge on any atom is 0.224 e. The van der Waals surface area contributed by atoms with E-state index in [1.165, 1.54) is 0 Å². The summed E-state index contributed by atoms with van der Waals surface area (Å²) in [6.45, 7) is 2.58. The molecule has 0 spiro atoms. The van der Waals surface area contributed by atoms with Crippen LogP contribution in [0.15, 0.2) is 24.3 Å². The lowest BCUT2D eigenvalue weighted by Crippen LogP contribution is -2.29. The monoisotopic (exact) mass is 275 g/mol. The second kappa shape index (κ2) is 9.08. The van der Waals surface area contributed by atoms with Gasteiger partial charge in [-0.15, -0.1) is 0 Å². The van der Waals surface area contributed by atoms with E-state index in [0.717, 1.165) is 12.1 Å². The Morgan fingerprint density at radius 3 is 2.60 bits per heavy atom. The minimum atomic E-state index is -0.0362. The van der Waals surface area contributed by atoms with Gasteiger partial charge in [-0.3, -0.25) is 4.79 Å². The van der Waals surface area contributed by atoms with Crippen molar-refractivity contribution in [3.63, 3.8) is 0 Å². The number of nitrogens with zero attached hydrogens (tertiary/aromatic N) is 2. The molecule has 1 rings (SSSR count). The predicted molar refractivity (Wildman–Crippen MR) is 77.2 cm³/mol. The minimum absolute atomic E-state index is 0.0362. The summed E-state index contributed by atoms with van der Waals surface area (Å²) in [5.41, 5.74) is 1.50. The molecular weight excluding hydrogens is 254 g/mol. The molecule has 0 aliphatic carbocycles. The molecular formula is C15H21N3O2. The number of hydrogen-bond donors (Lipinski definition) is 1. The van der Waals surface area contributed by atoms with E-state index >= 15 is 0 Å². The number of ether oxygens (including phenoxy) is 1. The van der Waals surface area contributed by atoms with Crippen LogP contribution >= 0.6 is 0 Å². The van der Waals surface area contributed by atoms with Gasteiger partial charge >= 0.3 is 0 Å². The van der Waals surface area contributed by atoms with Crippen LogP contribution in [0.1, 0.15) is 11.1 Å². The van der Waals surface area contributed by atoms with Crippen molar-refractivity contribution in [2.24, 2.45) is 0 Å². The van der Waals surface area contributed by atoms with Gasteiger partial charge in [0.15, 0.2) is 0 Å². The van der Waals surface area contributed by atoms with Gasteiger partial charge in [0, 0.05) is 13.1 Å². The first kappa shape index (κ1) is 16.2. The molecule has 0 fully saturated rings. The topological polar surface area (TPSA) is 65.4 Å². The summed E-state index contributed by atoms with van der Waals surface area (Å²) in [5.74, 6) is -0.0362. The van der Waals surface area contributed by atoms with E-state index in [-0.39, 0.29) is 5.91 Å². The van der Waals surface area contributed by atoms with Gasteiger partial charge in [0.05, 0.1) is 31.3 Å². The van der Waals surface area contributed by atoms with Crippen LogP contribution in [0.2, 0.25) is 0 Å². The number of amides is 1. The van der Waals surface area contributed by atoms with E-state index in [1.54, 1.807) is 24.3 Å². The normalized spacial score (nSPS) is 10.3. The molecule has 5 heteroatoms. The predicted octanol–water partition coefficient (Wildman–Crippen LogP) is 0.795. The number of nitrogens with one attached hydrogen (secondary N) is 1. The van der Waals surface area contributed by atoms with Crippen LogP contribution < -0.4 is 5.32 Å². The summed E-state index contributed by atoms with van der Waals surface area (Å²) in [4.78, 5) is 13.7. The Hall–Kier alpha value is -1.90. The van der Waals surface area contributed by atoms with E-state index in [1.807, 2.05) is 25.1 Å². The third-order valence-corrected chi connectivity index (χ3v) is 2.70. The lowest BCUT2D eigenvalue weighted by Gasteiger charge is -2.10. The van der Waals surface area contributed by atoms with Gasteiger partial charge < -0.3 is 15.0 Å². The lowest BCUT2D eigenvalue weighted by molar-refractivity contribution is -0.120. The van der Waals surface area contributed by atoms with Gasteiger partial charge in [-0.1, -0.05) is 12.1 Å².